The molecule has 0 atom stereocenters. The van der Waals surface area contributed by atoms with E-state index in [1.165, 1.54) is 0 Å². The van der Waals surface area contributed by atoms with Gasteiger partial charge in [0.2, 0.25) is 0 Å². The molecule has 6 heteroatoms. The minimum atomic E-state index is -4.57. The number of carbonyl (C=O) groups excluding carboxylic acids is 1. The number of carbonyl (C=O) groups is 1. The number of aromatic amines is 1. The van der Waals surface area contributed by atoms with Gasteiger partial charge >= 0.3 is 6.18 Å². The fourth-order valence-corrected chi connectivity index (χ4v) is 2.23. The summed E-state index contributed by atoms with van der Waals surface area (Å²) in [5.74, 6) is 0.0174. The van der Waals surface area contributed by atoms with Gasteiger partial charge in [-0.15, -0.1) is 0 Å². The number of aldehydes is 1. The summed E-state index contributed by atoms with van der Waals surface area (Å²) in [5, 5.41) is 5.59. The molecule has 0 spiro atoms. The molecule has 0 unspecified atom stereocenters. The van der Waals surface area contributed by atoms with Gasteiger partial charge in [-0.2, -0.15) is 18.3 Å². The number of hydrogen-bond acceptors (Lipinski definition) is 2. The maximum absolute atomic E-state index is 12.5. The summed E-state index contributed by atoms with van der Waals surface area (Å²) < 4.78 is 37.5. The van der Waals surface area contributed by atoms with Gasteiger partial charge in [0.25, 0.3) is 0 Å². The summed E-state index contributed by atoms with van der Waals surface area (Å²) in [5.41, 5.74) is -1.07. The van der Waals surface area contributed by atoms with Crippen LogP contribution in [0, 0.1) is 0 Å². The first-order chi connectivity index (χ1) is 7.54. The van der Waals surface area contributed by atoms with Crippen molar-refractivity contribution in [1.82, 2.24) is 10.2 Å². The third-order valence-electron chi connectivity index (χ3n) is 2.98. The van der Waals surface area contributed by atoms with Gasteiger partial charge in [0.1, 0.15) is 0 Å². The summed E-state index contributed by atoms with van der Waals surface area (Å²) in [7, 11) is 0. The van der Waals surface area contributed by atoms with Crippen molar-refractivity contribution in [2.75, 3.05) is 0 Å². The molecular formula is C10H11F3N2O. The highest BCUT2D eigenvalue weighted by atomic mass is 19.4. The molecule has 1 aliphatic rings. The van der Waals surface area contributed by atoms with Crippen LogP contribution in [0.5, 0.6) is 0 Å². The molecule has 0 amide bonds. The van der Waals surface area contributed by atoms with E-state index in [4.69, 9.17) is 0 Å². The third kappa shape index (κ3) is 1.83. The van der Waals surface area contributed by atoms with Gasteiger partial charge in [0.15, 0.2) is 12.0 Å². The number of nitrogens with one attached hydrogen (secondary N) is 1. The lowest BCUT2D eigenvalue weighted by molar-refractivity contribution is -0.141. The molecular weight excluding hydrogens is 221 g/mol. The Morgan fingerprint density at radius 3 is 2.44 bits per heavy atom. The number of halogens is 3. The highest BCUT2D eigenvalue weighted by Crippen LogP contribution is 2.38. The first kappa shape index (κ1) is 11.2. The van der Waals surface area contributed by atoms with Gasteiger partial charge in [-0.1, -0.05) is 12.8 Å². The molecule has 1 heterocycles. The normalized spacial score (nSPS) is 17.9. The zero-order valence-electron chi connectivity index (χ0n) is 8.47. The predicted octanol–water partition coefficient (Wildman–Crippen LogP) is 2.90. The smallest absolute Gasteiger partial charge is 0.298 e. The van der Waals surface area contributed by atoms with Crippen LogP contribution in [0.15, 0.2) is 0 Å². The Hall–Kier alpha value is -1.33. The molecule has 1 aromatic rings. The monoisotopic (exact) mass is 232 g/mol. The number of H-pyrrole nitrogens is 1. The molecule has 1 aromatic heterocycles. The van der Waals surface area contributed by atoms with Gasteiger partial charge in [0, 0.05) is 11.6 Å². The standard InChI is InChI=1S/C10H11F3N2O/c11-10(12,13)9-7(5-16)8(14-15-9)6-3-1-2-4-6/h5-6H,1-4H2,(H,14,15). The lowest BCUT2D eigenvalue weighted by atomic mass is 9.99. The largest absolute Gasteiger partial charge is 0.435 e. The maximum atomic E-state index is 12.5. The second-order valence-corrected chi connectivity index (χ2v) is 4.00. The van der Waals surface area contributed by atoms with E-state index in [-0.39, 0.29) is 17.8 Å². The van der Waals surface area contributed by atoms with Crippen LogP contribution in [0.25, 0.3) is 0 Å². The average Bonchev–Trinajstić information content (AvgIpc) is 2.84. The Labute approximate surface area is 90.0 Å². The predicted molar refractivity (Wildman–Crippen MR) is 50.2 cm³/mol. The van der Waals surface area contributed by atoms with Crippen molar-refractivity contribution in [3.63, 3.8) is 0 Å². The van der Waals surface area contributed by atoms with Gasteiger partial charge in [-0.05, 0) is 12.8 Å². The summed E-state index contributed by atoms with van der Waals surface area (Å²) >= 11 is 0. The van der Waals surface area contributed by atoms with Crippen molar-refractivity contribution in [2.45, 2.75) is 37.8 Å². The van der Waals surface area contributed by atoms with E-state index in [2.05, 4.69) is 10.2 Å². The summed E-state index contributed by atoms with van der Waals surface area (Å²) in [6, 6.07) is 0. The van der Waals surface area contributed by atoms with Crippen LogP contribution in [0.4, 0.5) is 13.2 Å². The Morgan fingerprint density at radius 1 is 1.31 bits per heavy atom. The molecule has 3 nitrogen and oxygen atoms in total. The van der Waals surface area contributed by atoms with E-state index in [0.29, 0.717) is 5.69 Å². The van der Waals surface area contributed by atoms with Crippen LogP contribution in [0.1, 0.15) is 53.3 Å². The Kier molecular flexibility index (Phi) is 2.73. The summed E-state index contributed by atoms with van der Waals surface area (Å²) in [6.07, 6.45) is -0.698. The van der Waals surface area contributed by atoms with Crippen LogP contribution < -0.4 is 0 Å². The molecule has 1 fully saturated rings. The number of hydrogen-bond donors (Lipinski definition) is 1. The molecule has 1 saturated carbocycles. The highest BCUT2D eigenvalue weighted by molar-refractivity contribution is 5.79. The van der Waals surface area contributed by atoms with Crippen molar-refractivity contribution in [3.05, 3.63) is 17.0 Å². The maximum Gasteiger partial charge on any atom is 0.435 e. The van der Waals surface area contributed by atoms with E-state index in [9.17, 15) is 18.0 Å². The van der Waals surface area contributed by atoms with E-state index in [1.54, 1.807) is 0 Å². The SMILES string of the molecule is O=Cc1c(C(F)(F)F)n[nH]c1C1CCCC1. The van der Waals surface area contributed by atoms with Gasteiger partial charge in [-0.25, -0.2) is 0 Å². The van der Waals surface area contributed by atoms with Crippen molar-refractivity contribution in [1.29, 1.82) is 0 Å². The van der Waals surface area contributed by atoms with Gasteiger partial charge in [0.05, 0.1) is 5.56 Å². The van der Waals surface area contributed by atoms with Crippen LogP contribution in [0.2, 0.25) is 0 Å². The number of aromatic nitrogens is 2. The molecule has 1 N–H and O–H groups in total. The van der Waals surface area contributed by atoms with Crippen molar-refractivity contribution >= 4 is 6.29 Å². The highest BCUT2D eigenvalue weighted by Gasteiger charge is 2.39. The molecule has 0 saturated heterocycles. The molecule has 0 aromatic carbocycles. The molecule has 1 aliphatic carbocycles. The van der Waals surface area contributed by atoms with Crippen LogP contribution >= 0.6 is 0 Å². The fraction of sp³-hybridized carbons (Fsp3) is 0.600. The Balaban J connectivity index is 2.40. The first-order valence-electron chi connectivity index (χ1n) is 5.14. The van der Waals surface area contributed by atoms with Crippen LogP contribution in [-0.2, 0) is 6.18 Å². The van der Waals surface area contributed by atoms with Crippen LogP contribution in [0.3, 0.4) is 0 Å². The average molecular weight is 232 g/mol. The van der Waals surface area contributed by atoms with Crippen molar-refractivity contribution in [3.8, 4) is 0 Å². The first-order valence-corrected chi connectivity index (χ1v) is 5.14. The Bertz CT molecular complexity index is 391. The molecule has 88 valence electrons. The van der Waals surface area contributed by atoms with E-state index >= 15 is 0 Å². The topological polar surface area (TPSA) is 45.8 Å². The van der Waals surface area contributed by atoms with Crippen LogP contribution in [-0.4, -0.2) is 16.5 Å². The summed E-state index contributed by atoms with van der Waals surface area (Å²) in [6.45, 7) is 0. The zero-order chi connectivity index (χ0) is 11.8. The fourth-order valence-electron chi connectivity index (χ4n) is 2.23. The van der Waals surface area contributed by atoms with Crippen molar-refractivity contribution in [2.24, 2.45) is 0 Å². The quantitative estimate of drug-likeness (QED) is 0.797. The van der Waals surface area contributed by atoms with Gasteiger partial charge < -0.3 is 0 Å². The summed E-state index contributed by atoms with van der Waals surface area (Å²) in [4.78, 5) is 10.8. The van der Waals surface area contributed by atoms with Crippen molar-refractivity contribution < 1.29 is 18.0 Å². The van der Waals surface area contributed by atoms with E-state index < -0.39 is 11.9 Å². The second kappa shape index (κ2) is 3.92. The second-order valence-electron chi connectivity index (χ2n) is 4.00. The molecule has 2 rings (SSSR count). The van der Waals surface area contributed by atoms with E-state index in [0.717, 1.165) is 25.7 Å². The molecule has 0 radical (unpaired) electrons. The third-order valence-corrected chi connectivity index (χ3v) is 2.98. The number of rotatable bonds is 2. The molecule has 0 bridgehead atoms. The zero-order valence-corrected chi connectivity index (χ0v) is 8.47. The number of nitrogens with zero attached hydrogens (tertiary/aromatic N) is 1. The Morgan fingerprint density at radius 2 is 1.94 bits per heavy atom. The molecule has 16 heavy (non-hydrogen) atoms. The minimum absolute atomic E-state index is 0.0174. The van der Waals surface area contributed by atoms with Gasteiger partial charge in [-0.3, -0.25) is 9.89 Å². The molecule has 0 aliphatic heterocycles. The lowest BCUT2D eigenvalue weighted by Crippen LogP contribution is -2.09. The lowest BCUT2D eigenvalue weighted by Gasteiger charge is -2.07. The van der Waals surface area contributed by atoms with E-state index in [1.807, 2.05) is 0 Å². The number of alkyl halides is 3. The minimum Gasteiger partial charge on any atom is -0.298 e.